The SMILES string of the molecule is CC(C)(C)c1ccc(C(=O)NC(=S)NCc2ccc(Cl)cc2Cl)cc1. The Morgan fingerprint density at radius 3 is 2.28 bits per heavy atom. The summed E-state index contributed by atoms with van der Waals surface area (Å²) in [5, 5.41) is 7.00. The van der Waals surface area contributed by atoms with Crippen LogP contribution < -0.4 is 10.6 Å². The van der Waals surface area contributed by atoms with Crippen LogP contribution in [0.4, 0.5) is 0 Å². The van der Waals surface area contributed by atoms with Crippen LogP contribution in [0.2, 0.25) is 10.0 Å². The predicted molar refractivity (Wildman–Crippen MR) is 109 cm³/mol. The van der Waals surface area contributed by atoms with Gasteiger partial charge in [-0.3, -0.25) is 10.1 Å². The Kier molecular flexibility index (Phi) is 6.44. The first kappa shape index (κ1) is 19.7. The zero-order chi connectivity index (χ0) is 18.6. The fourth-order valence-electron chi connectivity index (χ4n) is 2.18. The average molecular weight is 395 g/mol. The molecule has 0 saturated carbocycles. The third-order valence-electron chi connectivity index (χ3n) is 3.69. The molecular weight excluding hydrogens is 375 g/mol. The molecule has 2 aromatic carbocycles. The molecule has 0 atom stereocenters. The van der Waals surface area contributed by atoms with E-state index in [4.69, 9.17) is 35.4 Å². The van der Waals surface area contributed by atoms with Crippen LogP contribution >= 0.6 is 35.4 Å². The van der Waals surface area contributed by atoms with Crippen molar-refractivity contribution in [1.82, 2.24) is 10.6 Å². The zero-order valence-electron chi connectivity index (χ0n) is 14.3. The molecule has 2 N–H and O–H groups in total. The lowest BCUT2D eigenvalue weighted by Crippen LogP contribution is -2.38. The van der Waals surface area contributed by atoms with E-state index < -0.39 is 0 Å². The van der Waals surface area contributed by atoms with Gasteiger partial charge in [0, 0.05) is 22.2 Å². The summed E-state index contributed by atoms with van der Waals surface area (Å²) in [6.07, 6.45) is 0. The molecule has 2 rings (SSSR count). The Morgan fingerprint density at radius 1 is 1.08 bits per heavy atom. The van der Waals surface area contributed by atoms with Crippen molar-refractivity contribution in [2.24, 2.45) is 0 Å². The molecule has 132 valence electrons. The Balaban J connectivity index is 1.92. The second-order valence-electron chi connectivity index (χ2n) is 6.70. The highest BCUT2D eigenvalue weighted by Gasteiger charge is 2.14. The number of nitrogens with one attached hydrogen (secondary N) is 2. The predicted octanol–water partition coefficient (Wildman–Crippen LogP) is 5.10. The first-order valence-corrected chi connectivity index (χ1v) is 8.97. The average Bonchev–Trinajstić information content (AvgIpc) is 2.53. The van der Waals surface area contributed by atoms with Crippen molar-refractivity contribution in [1.29, 1.82) is 0 Å². The van der Waals surface area contributed by atoms with E-state index in [9.17, 15) is 4.79 Å². The summed E-state index contributed by atoms with van der Waals surface area (Å²) in [5.41, 5.74) is 2.62. The number of halogens is 2. The molecule has 0 spiro atoms. The van der Waals surface area contributed by atoms with Gasteiger partial charge in [-0.15, -0.1) is 0 Å². The highest BCUT2D eigenvalue weighted by Crippen LogP contribution is 2.22. The van der Waals surface area contributed by atoms with Crippen LogP contribution in [0.5, 0.6) is 0 Å². The van der Waals surface area contributed by atoms with Crippen LogP contribution in [0, 0.1) is 0 Å². The van der Waals surface area contributed by atoms with Crippen molar-refractivity contribution in [2.45, 2.75) is 32.7 Å². The van der Waals surface area contributed by atoms with Gasteiger partial charge in [-0.05, 0) is 53.0 Å². The standard InChI is InChI=1S/C19H20Cl2N2OS/c1-19(2,3)14-7-4-12(5-8-14)17(24)23-18(25)22-11-13-6-9-15(20)10-16(13)21/h4-10H,11H2,1-3H3,(H2,22,23,24,25). The van der Waals surface area contributed by atoms with Gasteiger partial charge in [0.25, 0.3) is 5.91 Å². The topological polar surface area (TPSA) is 41.1 Å². The van der Waals surface area contributed by atoms with E-state index in [1.54, 1.807) is 24.3 Å². The molecule has 6 heteroatoms. The maximum absolute atomic E-state index is 12.3. The van der Waals surface area contributed by atoms with Gasteiger partial charge < -0.3 is 5.32 Å². The summed E-state index contributed by atoms with van der Waals surface area (Å²) >= 11 is 17.2. The molecule has 25 heavy (non-hydrogen) atoms. The Labute approximate surface area is 163 Å². The normalized spacial score (nSPS) is 11.1. The third kappa shape index (κ3) is 5.70. The number of hydrogen-bond donors (Lipinski definition) is 2. The Hall–Kier alpha value is -1.62. The molecule has 0 aliphatic heterocycles. The minimum atomic E-state index is -0.250. The highest BCUT2D eigenvalue weighted by atomic mass is 35.5. The van der Waals surface area contributed by atoms with E-state index in [-0.39, 0.29) is 16.4 Å². The van der Waals surface area contributed by atoms with Crippen LogP contribution in [0.25, 0.3) is 0 Å². The van der Waals surface area contributed by atoms with Crippen LogP contribution in [0.15, 0.2) is 42.5 Å². The molecule has 0 unspecified atom stereocenters. The van der Waals surface area contributed by atoms with Gasteiger partial charge >= 0.3 is 0 Å². The fraction of sp³-hybridized carbons (Fsp3) is 0.263. The van der Waals surface area contributed by atoms with Gasteiger partial charge in [-0.1, -0.05) is 62.2 Å². The molecule has 1 amide bonds. The quantitative estimate of drug-likeness (QED) is 0.711. The molecule has 0 fully saturated rings. The molecule has 0 aromatic heterocycles. The summed E-state index contributed by atoms with van der Waals surface area (Å²) in [6.45, 7) is 6.78. The van der Waals surface area contributed by atoms with E-state index >= 15 is 0 Å². The maximum Gasteiger partial charge on any atom is 0.257 e. The summed E-state index contributed by atoms with van der Waals surface area (Å²) in [6, 6.07) is 12.7. The number of amides is 1. The number of carbonyl (C=O) groups excluding carboxylic acids is 1. The molecule has 0 radical (unpaired) electrons. The van der Waals surface area contributed by atoms with E-state index in [2.05, 4.69) is 31.4 Å². The summed E-state index contributed by atoms with van der Waals surface area (Å²) in [7, 11) is 0. The smallest absolute Gasteiger partial charge is 0.257 e. The summed E-state index contributed by atoms with van der Waals surface area (Å²) in [4.78, 5) is 12.3. The van der Waals surface area contributed by atoms with Crippen molar-refractivity contribution in [3.05, 3.63) is 69.2 Å². The van der Waals surface area contributed by atoms with Crippen LogP contribution in [-0.4, -0.2) is 11.0 Å². The van der Waals surface area contributed by atoms with Gasteiger partial charge in [-0.2, -0.15) is 0 Å². The molecule has 0 bridgehead atoms. The van der Waals surface area contributed by atoms with Gasteiger partial charge in [0.05, 0.1) is 0 Å². The number of carbonyl (C=O) groups is 1. The molecule has 0 heterocycles. The molecule has 3 nitrogen and oxygen atoms in total. The first-order chi connectivity index (χ1) is 11.7. The first-order valence-electron chi connectivity index (χ1n) is 7.80. The van der Waals surface area contributed by atoms with E-state index in [0.29, 0.717) is 22.2 Å². The van der Waals surface area contributed by atoms with Crippen molar-refractivity contribution >= 4 is 46.4 Å². The minimum absolute atomic E-state index is 0.0453. The van der Waals surface area contributed by atoms with Crippen molar-refractivity contribution in [3.8, 4) is 0 Å². The number of thiocarbonyl (C=S) groups is 1. The van der Waals surface area contributed by atoms with Gasteiger partial charge in [0.1, 0.15) is 0 Å². The van der Waals surface area contributed by atoms with Gasteiger partial charge in [0.15, 0.2) is 5.11 Å². The number of benzene rings is 2. The lowest BCUT2D eigenvalue weighted by atomic mass is 9.87. The van der Waals surface area contributed by atoms with Crippen molar-refractivity contribution < 1.29 is 4.79 Å². The summed E-state index contributed by atoms with van der Waals surface area (Å²) in [5.74, 6) is -0.250. The Bertz CT molecular complexity index is 783. The minimum Gasteiger partial charge on any atom is -0.358 e. The second-order valence-corrected chi connectivity index (χ2v) is 7.95. The molecule has 0 aliphatic rings. The largest absolute Gasteiger partial charge is 0.358 e. The lowest BCUT2D eigenvalue weighted by molar-refractivity contribution is 0.0976. The van der Waals surface area contributed by atoms with Crippen molar-refractivity contribution in [2.75, 3.05) is 0 Å². The van der Waals surface area contributed by atoms with E-state index in [1.807, 2.05) is 18.2 Å². The van der Waals surface area contributed by atoms with Crippen LogP contribution in [-0.2, 0) is 12.0 Å². The molecule has 0 aliphatic carbocycles. The van der Waals surface area contributed by atoms with Gasteiger partial charge in [0.2, 0.25) is 0 Å². The number of hydrogen-bond acceptors (Lipinski definition) is 2. The lowest BCUT2D eigenvalue weighted by Gasteiger charge is -2.19. The Morgan fingerprint density at radius 2 is 1.72 bits per heavy atom. The maximum atomic E-state index is 12.3. The van der Waals surface area contributed by atoms with Crippen LogP contribution in [0.1, 0.15) is 42.3 Å². The molecular formula is C19H20Cl2N2OS. The van der Waals surface area contributed by atoms with Crippen LogP contribution in [0.3, 0.4) is 0 Å². The molecule has 2 aromatic rings. The number of rotatable bonds is 3. The van der Waals surface area contributed by atoms with Gasteiger partial charge in [-0.25, -0.2) is 0 Å². The van der Waals surface area contributed by atoms with E-state index in [1.165, 1.54) is 5.56 Å². The fourth-order valence-corrected chi connectivity index (χ4v) is 2.82. The third-order valence-corrected chi connectivity index (χ3v) is 4.53. The van der Waals surface area contributed by atoms with Crippen molar-refractivity contribution in [3.63, 3.8) is 0 Å². The molecule has 0 saturated heterocycles. The second kappa shape index (κ2) is 8.17. The zero-order valence-corrected chi connectivity index (χ0v) is 16.6. The van der Waals surface area contributed by atoms with E-state index in [0.717, 1.165) is 5.56 Å². The summed E-state index contributed by atoms with van der Waals surface area (Å²) < 4.78 is 0. The monoisotopic (exact) mass is 394 g/mol. The highest BCUT2D eigenvalue weighted by molar-refractivity contribution is 7.80.